The lowest BCUT2D eigenvalue weighted by Gasteiger charge is -2.20. The van der Waals surface area contributed by atoms with E-state index in [1.165, 1.54) is 0 Å². The summed E-state index contributed by atoms with van der Waals surface area (Å²) in [5, 5.41) is 6.17. The van der Waals surface area contributed by atoms with Crippen LogP contribution in [0.4, 0.5) is 5.69 Å². The van der Waals surface area contributed by atoms with Crippen molar-refractivity contribution in [1.29, 1.82) is 0 Å². The molecule has 154 valence electrons. The molecule has 2 amide bonds. The van der Waals surface area contributed by atoms with Gasteiger partial charge in [0.1, 0.15) is 5.75 Å². The summed E-state index contributed by atoms with van der Waals surface area (Å²) in [5.41, 5.74) is 2.77. The van der Waals surface area contributed by atoms with Crippen molar-refractivity contribution in [3.8, 4) is 5.75 Å². The molecule has 0 saturated heterocycles. The van der Waals surface area contributed by atoms with Crippen molar-refractivity contribution < 1.29 is 14.3 Å². The zero-order chi connectivity index (χ0) is 21.5. The number of aryl methyl sites for hydroxylation is 1. The predicted molar refractivity (Wildman–Crippen MR) is 119 cm³/mol. The Hall–Kier alpha value is -3.31. The smallest absolute Gasteiger partial charge is 0.253 e. The Kier molecular flexibility index (Phi) is 7.09. The van der Waals surface area contributed by atoms with E-state index in [0.717, 1.165) is 11.1 Å². The van der Waals surface area contributed by atoms with Gasteiger partial charge in [-0.15, -0.1) is 0 Å². The summed E-state index contributed by atoms with van der Waals surface area (Å²) < 4.78 is 5.33. The molecule has 3 aromatic rings. The Morgan fingerprint density at radius 3 is 2.40 bits per heavy atom. The number of anilines is 1. The Bertz CT molecular complexity index is 1040. The summed E-state index contributed by atoms with van der Waals surface area (Å²) in [7, 11) is 1.55. The number of ether oxygens (including phenoxy) is 1. The molecule has 1 atom stereocenters. The molecule has 0 bridgehead atoms. The fourth-order valence-corrected chi connectivity index (χ4v) is 3.35. The first kappa shape index (κ1) is 21.4. The third-order valence-electron chi connectivity index (χ3n) is 4.64. The van der Waals surface area contributed by atoms with Gasteiger partial charge in [0.05, 0.1) is 35.8 Å². The Labute approximate surface area is 181 Å². The lowest BCUT2D eigenvalue weighted by atomic mass is 10.0. The largest absolute Gasteiger partial charge is 0.495 e. The van der Waals surface area contributed by atoms with E-state index in [4.69, 9.17) is 16.3 Å². The Balaban J connectivity index is 1.80. The highest BCUT2D eigenvalue weighted by Gasteiger charge is 2.21. The van der Waals surface area contributed by atoms with E-state index in [9.17, 15) is 9.59 Å². The van der Waals surface area contributed by atoms with Gasteiger partial charge in [-0.25, -0.2) is 0 Å². The van der Waals surface area contributed by atoms with Crippen LogP contribution in [0, 0.1) is 6.92 Å². The average Bonchev–Trinajstić information content (AvgIpc) is 2.74. The van der Waals surface area contributed by atoms with Crippen LogP contribution >= 0.6 is 11.6 Å². The Morgan fingerprint density at radius 1 is 1.00 bits per heavy atom. The van der Waals surface area contributed by atoms with Crippen molar-refractivity contribution in [2.45, 2.75) is 19.4 Å². The lowest BCUT2D eigenvalue weighted by Crippen LogP contribution is -2.31. The maximum absolute atomic E-state index is 12.8. The van der Waals surface area contributed by atoms with Gasteiger partial charge in [0.15, 0.2) is 0 Å². The third-order valence-corrected chi connectivity index (χ3v) is 4.97. The standard InChI is InChI=1S/C24H23ClN2O3/c1-16-12-13-22(30-2)21(14-16)26-23(28)15-20(17-8-4-3-5-9-17)27-24(29)18-10-6-7-11-19(18)25/h3-14,20H,15H2,1-2H3,(H,26,28)(H,27,29)/t20-/m0/s1. The molecular formula is C24H23ClN2O3. The molecule has 0 aliphatic rings. The molecule has 0 aromatic heterocycles. The van der Waals surface area contributed by atoms with E-state index >= 15 is 0 Å². The van der Waals surface area contributed by atoms with Gasteiger partial charge in [0.2, 0.25) is 5.91 Å². The van der Waals surface area contributed by atoms with Gasteiger partial charge in [-0.05, 0) is 42.3 Å². The predicted octanol–water partition coefficient (Wildman–Crippen LogP) is 5.16. The number of rotatable bonds is 7. The van der Waals surface area contributed by atoms with Crippen molar-refractivity contribution in [3.05, 3.63) is 94.5 Å². The molecule has 0 heterocycles. The number of amides is 2. The maximum Gasteiger partial charge on any atom is 0.253 e. The minimum atomic E-state index is -0.522. The highest BCUT2D eigenvalue weighted by molar-refractivity contribution is 6.33. The molecular weight excluding hydrogens is 400 g/mol. The number of carbonyl (C=O) groups excluding carboxylic acids is 2. The number of hydrogen-bond acceptors (Lipinski definition) is 3. The summed E-state index contributed by atoms with van der Waals surface area (Å²) >= 11 is 6.16. The van der Waals surface area contributed by atoms with Gasteiger partial charge in [-0.3, -0.25) is 9.59 Å². The monoisotopic (exact) mass is 422 g/mol. The van der Waals surface area contributed by atoms with Gasteiger partial charge in [-0.1, -0.05) is 60.1 Å². The molecule has 0 spiro atoms. The maximum atomic E-state index is 12.8. The number of halogens is 1. The van der Waals surface area contributed by atoms with Gasteiger partial charge in [0.25, 0.3) is 5.91 Å². The van der Waals surface area contributed by atoms with E-state index in [0.29, 0.717) is 22.0 Å². The second kappa shape index (κ2) is 9.94. The molecule has 3 rings (SSSR count). The highest BCUT2D eigenvalue weighted by atomic mass is 35.5. The fraction of sp³-hybridized carbons (Fsp3) is 0.167. The number of hydrogen-bond donors (Lipinski definition) is 2. The van der Waals surface area contributed by atoms with Crippen LogP contribution in [-0.4, -0.2) is 18.9 Å². The van der Waals surface area contributed by atoms with Crippen LogP contribution < -0.4 is 15.4 Å². The van der Waals surface area contributed by atoms with E-state index in [1.807, 2.05) is 49.4 Å². The van der Waals surface area contributed by atoms with Gasteiger partial charge in [-0.2, -0.15) is 0 Å². The molecule has 0 aliphatic carbocycles. The number of methoxy groups -OCH3 is 1. The van der Waals surface area contributed by atoms with Crippen molar-refractivity contribution in [3.63, 3.8) is 0 Å². The zero-order valence-corrected chi connectivity index (χ0v) is 17.6. The molecule has 0 saturated carbocycles. The molecule has 0 fully saturated rings. The molecule has 2 N–H and O–H groups in total. The van der Waals surface area contributed by atoms with Crippen molar-refractivity contribution >= 4 is 29.1 Å². The Morgan fingerprint density at radius 2 is 1.70 bits per heavy atom. The number of carbonyl (C=O) groups is 2. The highest BCUT2D eigenvalue weighted by Crippen LogP contribution is 2.26. The van der Waals surface area contributed by atoms with Crippen LogP contribution in [0.2, 0.25) is 5.02 Å². The van der Waals surface area contributed by atoms with E-state index in [2.05, 4.69) is 10.6 Å². The third kappa shape index (κ3) is 5.39. The van der Waals surface area contributed by atoms with E-state index < -0.39 is 6.04 Å². The van der Waals surface area contributed by atoms with Crippen LogP contribution in [0.5, 0.6) is 5.75 Å². The summed E-state index contributed by atoms with van der Waals surface area (Å²) in [6.07, 6.45) is 0.0529. The van der Waals surface area contributed by atoms with Crippen molar-refractivity contribution in [2.24, 2.45) is 0 Å². The first-order valence-electron chi connectivity index (χ1n) is 9.52. The SMILES string of the molecule is COc1ccc(C)cc1NC(=O)C[C@H](NC(=O)c1ccccc1Cl)c1ccccc1. The van der Waals surface area contributed by atoms with E-state index in [1.54, 1.807) is 37.4 Å². The fourth-order valence-electron chi connectivity index (χ4n) is 3.13. The van der Waals surface area contributed by atoms with Crippen LogP contribution in [0.3, 0.4) is 0 Å². The van der Waals surface area contributed by atoms with Gasteiger partial charge >= 0.3 is 0 Å². The summed E-state index contributed by atoms with van der Waals surface area (Å²) in [6.45, 7) is 1.94. The molecule has 0 unspecified atom stereocenters. The quantitative estimate of drug-likeness (QED) is 0.552. The first-order chi connectivity index (χ1) is 14.5. The van der Waals surface area contributed by atoms with Crippen LogP contribution in [0.25, 0.3) is 0 Å². The second-order valence-corrected chi connectivity index (χ2v) is 7.28. The molecule has 0 aliphatic heterocycles. The normalized spacial score (nSPS) is 11.4. The van der Waals surface area contributed by atoms with Crippen LogP contribution in [0.1, 0.15) is 33.9 Å². The van der Waals surface area contributed by atoms with Crippen LogP contribution in [0.15, 0.2) is 72.8 Å². The summed E-state index contributed by atoms with van der Waals surface area (Å²) in [6, 6.07) is 21.2. The molecule has 6 heteroatoms. The summed E-state index contributed by atoms with van der Waals surface area (Å²) in [4.78, 5) is 25.6. The molecule has 3 aromatic carbocycles. The minimum absolute atomic E-state index is 0.0529. The minimum Gasteiger partial charge on any atom is -0.495 e. The second-order valence-electron chi connectivity index (χ2n) is 6.87. The first-order valence-corrected chi connectivity index (χ1v) is 9.90. The van der Waals surface area contributed by atoms with Gasteiger partial charge in [0, 0.05) is 0 Å². The number of benzene rings is 3. The molecule has 0 radical (unpaired) electrons. The number of nitrogens with one attached hydrogen (secondary N) is 2. The van der Waals surface area contributed by atoms with Gasteiger partial charge < -0.3 is 15.4 Å². The topological polar surface area (TPSA) is 67.4 Å². The van der Waals surface area contributed by atoms with Crippen molar-refractivity contribution in [2.75, 3.05) is 12.4 Å². The lowest BCUT2D eigenvalue weighted by molar-refractivity contribution is -0.116. The molecule has 30 heavy (non-hydrogen) atoms. The molecule has 5 nitrogen and oxygen atoms in total. The zero-order valence-electron chi connectivity index (χ0n) is 16.8. The summed E-state index contributed by atoms with van der Waals surface area (Å²) in [5.74, 6) is -0.00656. The van der Waals surface area contributed by atoms with E-state index in [-0.39, 0.29) is 18.2 Å². The van der Waals surface area contributed by atoms with Crippen LogP contribution in [-0.2, 0) is 4.79 Å². The van der Waals surface area contributed by atoms with Crippen molar-refractivity contribution in [1.82, 2.24) is 5.32 Å². The average molecular weight is 423 g/mol.